The molecule has 1 aromatic carbocycles. The maximum atomic E-state index is 12.0. The summed E-state index contributed by atoms with van der Waals surface area (Å²) in [6.07, 6.45) is 3.47. The number of nitrogens with zero attached hydrogens (tertiary/aromatic N) is 1. The Hall–Kier alpha value is -1.68. The zero-order valence-electron chi connectivity index (χ0n) is 10.4. The van der Waals surface area contributed by atoms with Crippen molar-refractivity contribution in [3.63, 3.8) is 0 Å². The topological polar surface area (TPSA) is 47.0 Å². The lowest BCUT2D eigenvalue weighted by Gasteiger charge is -2.08. The summed E-state index contributed by atoms with van der Waals surface area (Å²) in [6, 6.07) is 10.7. The molecule has 0 aliphatic heterocycles. The van der Waals surface area contributed by atoms with Gasteiger partial charge in [-0.25, -0.2) is 8.42 Å². The van der Waals surface area contributed by atoms with Crippen LogP contribution in [0.1, 0.15) is 13.8 Å². The van der Waals surface area contributed by atoms with Crippen LogP contribution in [0.5, 0.6) is 0 Å². The van der Waals surface area contributed by atoms with Crippen LogP contribution in [0.4, 0.5) is 0 Å². The number of hydrogen-bond acceptors (Lipinski definition) is 3. The van der Waals surface area contributed by atoms with E-state index in [0.29, 0.717) is 4.90 Å². The molecule has 18 heavy (non-hydrogen) atoms. The van der Waals surface area contributed by atoms with E-state index in [1.807, 2.05) is 24.3 Å². The molecule has 0 amide bonds. The summed E-state index contributed by atoms with van der Waals surface area (Å²) >= 11 is 0. The molecular weight excluding hydrogens is 246 g/mol. The molecule has 0 aliphatic carbocycles. The minimum absolute atomic E-state index is 0.366. The Labute approximate surface area is 107 Å². The molecule has 0 fully saturated rings. The van der Waals surface area contributed by atoms with E-state index in [1.165, 1.54) is 0 Å². The molecular formula is C14H15NO2S. The van der Waals surface area contributed by atoms with Crippen LogP contribution < -0.4 is 0 Å². The molecule has 2 aromatic rings. The summed E-state index contributed by atoms with van der Waals surface area (Å²) in [4.78, 5) is 4.41. The molecule has 0 N–H and O–H groups in total. The minimum atomic E-state index is -3.19. The molecule has 94 valence electrons. The third-order valence-electron chi connectivity index (χ3n) is 2.80. The normalized spacial score (nSPS) is 11.7. The first kappa shape index (κ1) is 12.8. The fourth-order valence-corrected chi connectivity index (χ4v) is 2.70. The summed E-state index contributed by atoms with van der Waals surface area (Å²) in [5, 5.41) is -0.401. The summed E-state index contributed by atoms with van der Waals surface area (Å²) in [7, 11) is -3.19. The molecule has 1 aromatic heterocycles. The molecule has 0 radical (unpaired) electrons. The quantitative estimate of drug-likeness (QED) is 0.853. The first-order valence-corrected chi connectivity index (χ1v) is 7.31. The van der Waals surface area contributed by atoms with E-state index < -0.39 is 15.1 Å². The van der Waals surface area contributed by atoms with Crippen molar-refractivity contribution in [3.8, 4) is 11.1 Å². The largest absolute Gasteiger partial charge is 0.264 e. The molecule has 0 bridgehead atoms. The van der Waals surface area contributed by atoms with Crippen LogP contribution in [0.15, 0.2) is 53.7 Å². The summed E-state index contributed by atoms with van der Waals surface area (Å²) in [5.74, 6) is 0. The van der Waals surface area contributed by atoms with Crippen molar-refractivity contribution in [1.82, 2.24) is 4.98 Å². The highest BCUT2D eigenvalue weighted by Gasteiger charge is 2.18. The number of aromatic nitrogens is 1. The van der Waals surface area contributed by atoms with Gasteiger partial charge in [0.2, 0.25) is 0 Å². The van der Waals surface area contributed by atoms with Crippen molar-refractivity contribution < 1.29 is 8.42 Å². The second-order valence-electron chi connectivity index (χ2n) is 4.36. The van der Waals surface area contributed by atoms with Crippen LogP contribution in [0.3, 0.4) is 0 Å². The Bertz CT molecular complexity index is 617. The van der Waals surface area contributed by atoms with Gasteiger partial charge in [0.05, 0.1) is 10.1 Å². The smallest absolute Gasteiger partial charge is 0.180 e. The summed E-state index contributed by atoms with van der Waals surface area (Å²) < 4.78 is 23.9. The van der Waals surface area contributed by atoms with Gasteiger partial charge in [-0.15, -0.1) is 0 Å². The number of rotatable bonds is 3. The number of pyridine rings is 1. The lowest BCUT2D eigenvalue weighted by molar-refractivity contribution is 0.587. The Morgan fingerprint density at radius 2 is 1.67 bits per heavy atom. The second-order valence-corrected chi connectivity index (χ2v) is 6.86. The maximum absolute atomic E-state index is 12.0. The average molecular weight is 261 g/mol. The predicted molar refractivity (Wildman–Crippen MR) is 72.0 cm³/mol. The number of benzene rings is 1. The van der Waals surface area contributed by atoms with Gasteiger partial charge >= 0.3 is 0 Å². The maximum Gasteiger partial charge on any atom is 0.180 e. The van der Waals surface area contributed by atoms with E-state index in [9.17, 15) is 8.42 Å². The van der Waals surface area contributed by atoms with Crippen LogP contribution in [0.25, 0.3) is 11.1 Å². The zero-order valence-corrected chi connectivity index (χ0v) is 11.2. The Kier molecular flexibility index (Phi) is 3.48. The van der Waals surface area contributed by atoms with E-state index in [0.717, 1.165) is 11.1 Å². The van der Waals surface area contributed by atoms with Crippen molar-refractivity contribution >= 4 is 9.84 Å². The molecule has 3 nitrogen and oxygen atoms in total. The molecule has 0 saturated heterocycles. The van der Waals surface area contributed by atoms with Crippen LogP contribution in [-0.4, -0.2) is 18.7 Å². The van der Waals surface area contributed by atoms with Crippen molar-refractivity contribution in [2.45, 2.75) is 24.0 Å². The van der Waals surface area contributed by atoms with Gasteiger partial charge in [-0.05, 0) is 43.2 Å². The van der Waals surface area contributed by atoms with E-state index in [2.05, 4.69) is 4.98 Å². The lowest BCUT2D eigenvalue weighted by atomic mass is 10.1. The fraction of sp³-hybridized carbons (Fsp3) is 0.214. The van der Waals surface area contributed by atoms with Crippen LogP contribution in [0, 0.1) is 0 Å². The van der Waals surface area contributed by atoms with Crippen molar-refractivity contribution in [2.24, 2.45) is 0 Å². The van der Waals surface area contributed by atoms with Crippen molar-refractivity contribution in [2.75, 3.05) is 0 Å². The first-order chi connectivity index (χ1) is 8.51. The van der Waals surface area contributed by atoms with Crippen molar-refractivity contribution in [3.05, 3.63) is 48.8 Å². The first-order valence-electron chi connectivity index (χ1n) is 5.76. The Balaban J connectivity index is 2.38. The second kappa shape index (κ2) is 4.90. The molecule has 0 saturated carbocycles. The highest BCUT2D eigenvalue weighted by atomic mass is 32.2. The highest BCUT2D eigenvalue weighted by molar-refractivity contribution is 7.92. The molecule has 0 aliphatic rings. The SMILES string of the molecule is CC(C)S(=O)(=O)c1ccc(-c2cccnc2)cc1. The average Bonchev–Trinajstić information content (AvgIpc) is 2.40. The molecule has 0 atom stereocenters. The Morgan fingerprint density at radius 3 is 2.17 bits per heavy atom. The van der Waals surface area contributed by atoms with Crippen LogP contribution in [-0.2, 0) is 9.84 Å². The lowest BCUT2D eigenvalue weighted by Crippen LogP contribution is -2.13. The number of sulfone groups is 1. The van der Waals surface area contributed by atoms with Gasteiger partial charge in [0, 0.05) is 12.4 Å². The van der Waals surface area contributed by atoms with Gasteiger partial charge in [0.25, 0.3) is 0 Å². The molecule has 0 unspecified atom stereocenters. The van der Waals surface area contributed by atoms with Crippen LogP contribution in [0.2, 0.25) is 0 Å². The van der Waals surface area contributed by atoms with Gasteiger partial charge in [0.1, 0.15) is 0 Å². The van der Waals surface area contributed by atoms with Crippen LogP contribution >= 0.6 is 0 Å². The van der Waals surface area contributed by atoms with E-state index in [-0.39, 0.29) is 0 Å². The molecule has 4 heteroatoms. The predicted octanol–water partition coefficient (Wildman–Crippen LogP) is 2.93. The third-order valence-corrected chi connectivity index (χ3v) is 4.97. The molecule has 2 rings (SSSR count). The Morgan fingerprint density at radius 1 is 1.00 bits per heavy atom. The van der Waals surface area contributed by atoms with Crippen molar-refractivity contribution in [1.29, 1.82) is 0 Å². The van der Waals surface area contributed by atoms with Gasteiger partial charge in [-0.1, -0.05) is 18.2 Å². The standard InChI is InChI=1S/C14H15NO2S/c1-11(2)18(16,17)14-7-5-12(6-8-14)13-4-3-9-15-10-13/h3-11H,1-2H3. The minimum Gasteiger partial charge on any atom is -0.264 e. The highest BCUT2D eigenvalue weighted by Crippen LogP contribution is 2.22. The summed E-state index contributed by atoms with van der Waals surface area (Å²) in [5.41, 5.74) is 1.94. The number of hydrogen-bond donors (Lipinski definition) is 0. The summed E-state index contributed by atoms with van der Waals surface area (Å²) in [6.45, 7) is 3.37. The molecule has 0 spiro atoms. The van der Waals surface area contributed by atoms with Gasteiger partial charge in [0.15, 0.2) is 9.84 Å². The van der Waals surface area contributed by atoms with Gasteiger partial charge < -0.3 is 0 Å². The zero-order chi connectivity index (χ0) is 13.2. The van der Waals surface area contributed by atoms with E-state index in [1.54, 1.807) is 38.4 Å². The van der Waals surface area contributed by atoms with Gasteiger partial charge in [-0.3, -0.25) is 4.98 Å². The molecule has 1 heterocycles. The van der Waals surface area contributed by atoms with E-state index in [4.69, 9.17) is 0 Å². The fourth-order valence-electron chi connectivity index (χ4n) is 1.64. The monoisotopic (exact) mass is 261 g/mol. The van der Waals surface area contributed by atoms with Gasteiger partial charge in [-0.2, -0.15) is 0 Å². The van der Waals surface area contributed by atoms with E-state index >= 15 is 0 Å². The third kappa shape index (κ3) is 2.43.